The van der Waals surface area contributed by atoms with Crippen LogP contribution in [0.4, 0.5) is 5.13 Å². The monoisotopic (exact) mass is 445 g/mol. The number of nitrogens with one attached hydrogen (secondary N) is 1. The second-order valence-corrected chi connectivity index (χ2v) is 11.2. The maximum atomic E-state index is 12.2. The molecule has 0 fully saturated rings. The summed E-state index contributed by atoms with van der Waals surface area (Å²) < 4.78 is 26.5. The van der Waals surface area contributed by atoms with Gasteiger partial charge >= 0.3 is 0 Å². The molecule has 0 radical (unpaired) electrons. The van der Waals surface area contributed by atoms with Crippen LogP contribution in [0.25, 0.3) is 20.4 Å². The highest BCUT2D eigenvalue weighted by molar-refractivity contribution is 7.90. The Hall–Kier alpha value is -2.36. The van der Waals surface area contributed by atoms with Crippen LogP contribution in [-0.4, -0.2) is 30.0 Å². The molecule has 0 bridgehead atoms. The molecule has 0 aliphatic heterocycles. The summed E-state index contributed by atoms with van der Waals surface area (Å²) in [5.74, 6) is -0.255. The van der Waals surface area contributed by atoms with Gasteiger partial charge in [-0.1, -0.05) is 41.7 Å². The third-order valence-corrected chi connectivity index (χ3v) is 7.97. The van der Waals surface area contributed by atoms with Gasteiger partial charge in [0.05, 0.1) is 31.4 Å². The summed E-state index contributed by atoms with van der Waals surface area (Å²) in [6.07, 6.45) is 0.413. The molecule has 0 saturated heterocycles. The number of aryl methyl sites for hydroxylation is 1. The number of sulfone groups is 1. The van der Waals surface area contributed by atoms with Gasteiger partial charge in [0.25, 0.3) is 0 Å². The van der Waals surface area contributed by atoms with Crippen molar-refractivity contribution in [2.24, 2.45) is 0 Å². The number of benzene rings is 2. The van der Waals surface area contributed by atoms with Crippen molar-refractivity contribution in [1.82, 2.24) is 9.97 Å². The van der Waals surface area contributed by atoms with Gasteiger partial charge in [-0.2, -0.15) is 0 Å². The number of hydrogen-bond donors (Lipinski definition) is 1. The van der Waals surface area contributed by atoms with Crippen molar-refractivity contribution in [3.63, 3.8) is 0 Å². The predicted molar refractivity (Wildman–Crippen MR) is 119 cm³/mol. The number of anilines is 1. The largest absolute Gasteiger partial charge is 0.302 e. The van der Waals surface area contributed by atoms with E-state index >= 15 is 0 Å². The molecule has 6 nitrogen and oxygen atoms in total. The Kier molecular flexibility index (Phi) is 5.62. The van der Waals surface area contributed by atoms with Crippen LogP contribution in [-0.2, 0) is 20.4 Å². The number of rotatable bonds is 7. The van der Waals surface area contributed by atoms with Gasteiger partial charge in [0.15, 0.2) is 15.0 Å². The zero-order chi connectivity index (χ0) is 20.4. The molecule has 0 aliphatic rings. The number of thiazole rings is 2. The Bertz CT molecular complexity index is 1280. The molecule has 0 spiro atoms. The molecule has 4 aromatic rings. The van der Waals surface area contributed by atoms with E-state index in [0.717, 1.165) is 31.0 Å². The van der Waals surface area contributed by atoms with Crippen molar-refractivity contribution >= 4 is 64.0 Å². The number of amides is 1. The summed E-state index contributed by atoms with van der Waals surface area (Å²) in [4.78, 5) is 21.3. The molecule has 2 aromatic carbocycles. The molecule has 4 rings (SSSR count). The van der Waals surface area contributed by atoms with E-state index in [-0.39, 0.29) is 30.3 Å². The molecule has 150 valence electrons. The minimum Gasteiger partial charge on any atom is -0.302 e. The van der Waals surface area contributed by atoms with E-state index in [9.17, 15) is 13.2 Å². The van der Waals surface area contributed by atoms with Gasteiger partial charge in [-0.3, -0.25) is 4.79 Å². The van der Waals surface area contributed by atoms with Crippen LogP contribution in [0, 0.1) is 6.92 Å². The molecular weight excluding hydrogens is 426 g/mol. The van der Waals surface area contributed by atoms with Gasteiger partial charge in [0, 0.05) is 6.42 Å². The van der Waals surface area contributed by atoms with E-state index in [2.05, 4.69) is 15.3 Å². The smallest absolute Gasteiger partial charge is 0.226 e. The summed E-state index contributed by atoms with van der Waals surface area (Å²) in [5, 5.41) is 4.29. The normalized spacial score (nSPS) is 11.9. The van der Waals surface area contributed by atoms with Crippen molar-refractivity contribution in [1.29, 1.82) is 0 Å². The highest BCUT2D eigenvalue weighted by atomic mass is 32.2. The molecule has 1 amide bonds. The van der Waals surface area contributed by atoms with Gasteiger partial charge in [-0.05, 0) is 31.0 Å². The third kappa shape index (κ3) is 4.80. The van der Waals surface area contributed by atoms with Crippen molar-refractivity contribution in [2.75, 3.05) is 11.1 Å². The fourth-order valence-corrected chi connectivity index (χ4v) is 6.38. The van der Waals surface area contributed by atoms with Crippen LogP contribution in [0.5, 0.6) is 0 Å². The molecule has 0 saturated carbocycles. The van der Waals surface area contributed by atoms with Gasteiger partial charge in [0.2, 0.25) is 5.91 Å². The number of carbonyl (C=O) groups is 1. The summed E-state index contributed by atoms with van der Waals surface area (Å²) in [5.41, 5.74) is 2.47. The van der Waals surface area contributed by atoms with Gasteiger partial charge in [-0.15, -0.1) is 11.3 Å². The Morgan fingerprint density at radius 3 is 2.66 bits per heavy atom. The molecule has 9 heteroatoms. The topological polar surface area (TPSA) is 89.0 Å². The Morgan fingerprint density at radius 1 is 1.07 bits per heavy atom. The highest BCUT2D eigenvalue weighted by Crippen LogP contribution is 2.34. The Labute approximate surface area is 176 Å². The highest BCUT2D eigenvalue weighted by Gasteiger charge is 2.15. The Balaban J connectivity index is 1.35. The minimum absolute atomic E-state index is 0.00359. The first-order valence-corrected chi connectivity index (χ1v) is 12.6. The SMILES string of the molecule is Cc1nc2c(ccc3nc(NC(=O)CCCS(=O)(=O)Cc4ccccc4)sc32)s1. The number of aromatic nitrogens is 2. The van der Waals surface area contributed by atoms with E-state index < -0.39 is 9.84 Å². The van der Waals surface area contributed by atoms with E-state index in [1.807, 2.05) is 37.3 Å². The zero-order valence-corrected chi connectivity index (χ0v) is 18.2. The zero-order valence-electron chi connectivity index (χ0n) is 15.7. The lowest BCUT2D eigenvalue weighted by Gasteiger charge is -2.05. The van der Waals surface area contributed by atoms with Crippen LogP contribution in [0.3, 0.4) is 0 Å². The first kappa shape index (κ1) is 19.9. The van der Waals surface area contributed by atoms with Gasteiger partial charge in [-0.25, -0.2) is 18.4 Å². The van der Waals surface area contributed by atoms with E-state index in [1.54, 1.807) is 23.5 Å². The van der Waals surface area contributed by atoms with Crippen LogP contribution in [0.1, 0.15) is 23.4 Å². The molecule has 0 aliphatic carbocycles. The fraction of sp³-hybridized carbons (Fsp3) is 0.250. The van der Waals surface area contributed by atoms with Gasteiger partial charge < -0.3 is 5.32 Å². The quantitative estimate of drug-likeness (QED) is 0.451. The van der Waals surface area contributed by atoms with Crippen LogP contribution in [0.2, 0.25) is 0 Å². The lowest BCUT2D eigenvalue weighted by Crippen LogP contribution is -2.15. The first-order valence-electron chi connectivity index (χ1n) is 9.10. The third-order valence-electron chi connectivity index (χ3n) is 4.36. The first-order chi connectivity index (χ1) is 13.9. The summed E-state index contributed by atoms with van der Waals surface area (Å²) in [7, 11) is -3.25. The Morgan fingerprint density at radius 2 is 1.86 bits per heavy atom. The van der Waals surface area contributed by atoms with E-state index in [4.69, 9.17) is 0 Å². The van der Waals surface area contributed by atoms with E-state index in [0.29, 0.717) is 5.13 Å². The van der Waals surface area contributed by atoms with Crippen molar-refractivity contribution in [3.8, 4) is 0 Å². The number of nitrogens with zero attached hydrogens (tertiary/aromatic N) is 2. The average Bonchev–Trinajstić information content (AvgIpc) is 3.23. The predicted octanol–water partition coefficient (Wildman–Crippen LogP) is 4.55. The lowest BCUT2D eigenvalue weighted by molar-refractivity contribution is -0.116. The average molecular weight is 446 g/mol. The fourth-order valence-electron chi connectivity index (χ4n) is 3.08. The molecule has 29 heavy (non-hydrogen) atoms. The molecular formula is C20H19N3O3S3. The van der Waals surface area contributed by atoms with Crippen molar-refractivity contribution < 1.29 is 13.2 Å². The molecule has 0 unspecified atom stereocenters. The maximum absolute atomic E-state index is 12.2. The maximum Gasteiger partial charge on any atom is 0.226 e. The number of hydrogen-bond acceptors (Lipinski definition) is 7. The van der Waals surface area contributed by atoms with Crippen LogP contribution >= 0.6 is 22.7 Å². The van der Waals surface area contributed by atoms with Crippen molar-refractivity contribution in [3.05, 3.63) is 53.0 Å². The summed E-state index contributed by atoms with van der Waals surface area (Å²) in [6, 6.07) is 13.0. The number of carbonyl (C=O) groups excluding carboxylic acids is 1. The van der Waals surface area contributed by atoms with Crippen LogP contribution in [0.15, 0.2) is 42.5 Å². The molecule has 2 aromatic heterocycles. The molecule has 1 N–H and O–H groups in total. The molecule has 2 heterocycles. The van der Waals surface area contributed by atoms with Gasteiger partial charge in [0.1, 0.15) is 5.52 Å². The minimum atomic E-state index is -3.25. The lowest BCUT2D eigenvalue weighted by atomic mass is 10.2. The second-order valence-electron chi connectivity index (χ2n) is 6.74. The standard InChI is InChI=1S/C20H19N3O3S3/c1-13-21-18-16(27-13)10-9-15-19(18)28-20(22-15)23-17(24)8-5-11-29(25,26)12-14-6-3-2-4-7-14/h2-4,6-7,9-10H,5,8,11-12H2,1H3,(H,22,23,24). The summed E-state index contributed by atoms with van der Waals surface area (Å²) >= 11 is 3.02. The second kappa shape index (κ2) is 8.17. The summed E-state index contributed by atoms with van der Waals surface area (Å²) in [6.45, 7) is 1.96. The number of fused-ring (bicyclic) bond motifs is 3. The van der Waals surface area contributed by atoms with Crippen molar-refractivity contribution in [2.45, 2.75) is 25.5 Å². The van der Waals surface area contributed by atoms with E-state index in [1.165, 1.54) is 11.3 Å². The van der Waals surface area contributed by atoms with Crippen LogP contribution < -0.4 is 5.32 Å². The molecule has 0 atom stereocenters.